The highest BCUT2D eigenvalue weighted by Gasteiger charge is 2.34. The van der Waals surface area contributed by atoms with Gasteiger partial charge < -0.3 is 40.8 Å². The average Bonchev–Trinajstić information content (AvgIpc) is 2.42. The van der Waals surface area contributed by atoms with E-state index >= 15 is 0 Å². The van der Waals surface area contributed by atoms with Crippen LogP contribution in [0.2, 0.25) is 0 Å². The van der Waals surface area contributed by atoms with Gasteiger partial charge >= 0.3 is 5.97 Å². The number of carbonyl (C=O) groups excluding carboxylic acids is 2. The SMILES string of the molecule is O=C[C@H](CC(=O)O)NC(=O)[C@H](O)[C@@H](O)[C@H](O)[C@H](O)CO. The molecule has 0 aromatic heterocycles. The minimum absolute atomic E-state index is 0.129. The molecule has 0 saturated heterocycles. The van der Waals surface area contributed by atoms with Crippen LogP contribution in [0.4, 0.5) is 0 Å². The predicted molar refractivity (Wildman–Crippen MR) is 61.4 cm³/mol. The third-order valence-electron chi connectivity index (χ3n) is 2.41. The van der Waals surface area contributed by atoms with Gasteiger partial charge in [0.05, 0.1) is 19.1 Å². The van der Waals surface area contributed by atoms with Crippen molar-refractivity contribution >= 4 is 18.2 Å². The summed E-state index contributed by atoms with van der Waals surface area (Å²) in [5.41, 5.74) is 0. The Balaban J connectivity index is 4.60. The fourth-order valence-corrected chi connectivity index (χ4v) is 1.27. The fraction of sp³-hybridized carbons (Fsp3) is 0.700. The normalized spacial score (nSPS) is 18.4. The maximum atomic E-state index is 11.4. The third kappa shape index (κ3) is 5.59. The molecule has 5 atom stereocenters. The Bertz CT molecular complexity index is 348. The molecular formula is C10H17NO9. The molecule has 116 valence electrons. The zero-order valence-corrected chi connectivity index (χ0v) is 10.3. The number of aliphatic carboxylic acids is 1. The van der Waals surface area contributed by atoms with Gasteiger partial charge in [-0.25, -0.2) is 0 Å². The molecular weight excluding hydrogens is 278 g/mol. The van der Waals surface area contributed by atoms with Crippen LogP contribution in [0, 0.1) is 0 Å². The van der Waals surface area contributed by atoms with Crippen molar-refractivity contribution in [1.82, 2.24) is 5.32 Å². The number of nitrogens with one attached hydrogen (secondary N) is 1. The molecule has 1 amide bonds. The van der Waals surface area contributed by atoms with Gasteiger partial charge in [-0.2, -0.15) is 0 Å². The lowest BCUT2D eigenvalue weighted by atomic mass is 10.0. The lowest BCUT2D eigenvalue weighted by Crippen LogP contribution is -2.53. The van der Waals surface area contributed by atoms with Crippen molar-refractivity contribution in [3.05, 3.63) is 0 Å². The van der Waals surface area contributed by atoms with E-state index in [1.54, 1.807) is 0 Å². The van der Waals surface area contributed by atoms with E-state index in [4.69, 9.17) is 15.3 Å². The van der Waals surface area contributed by atoms with E-state index < -0.39 is 55.4 Å². The van der Waals surface area contributed by atoms with Gasteiger partial charge in [-0.3, -0.25) is 9.59 Å². The van der Waals surface area contributed by atoms with E-state index in [9.17, 15) is 29.7 Å². The Morgan fingerprint density at radius 2 is 1.65 bits per heavy atom. The number of aliphatic hydroxyl groups excluding tert-OH is 5. The lowest BCUT2D eigenvalue weighted by molar-refractivity contribution is -0.150. The van der Waals surface area contributed by atoms with Crippen LogP contribution in [0.3, 0.4) is 0 Å². The summed E-state index contributed by atoms with van der Waals surface area (Å²) in [6, 6.07) is -1.42. The second-order valence-electron chi connectivity index (χ2n) is 4.02. The highest BCUT2D eigenvalue weighted by atomic mass is 16.4. The summed E-state index contributed by atoms with van der Waals surface area (Å²) < 4.78 is 0. The van der Waals surface area contributed by atoms with Crippen molar-refractivity contribution in [2.24, 2.45) is 0 Å². The molecule has 10 nitrogen and oxygen atoms in total. The van der Waals surface area contributed by atoms with Gasteiger partial charge in [-0.15, -0.1) is 0 Å². The Morgan fingerprint density at radius 3 is 2.05 bits per heavy atom. The molecule has 0 fully saturated rings. The molecule has 0 saturated carbocycles. The molecule has 20 heavy (non-hydrogen) atoms. The van der Waals surface area contributed by atoms with Crippen molar-refractivity contribution in [2.45, 2.75) is 36.9 Å². The molecule has 0 bridgehead atoms. The van der Waals surface area contributed by atoms with E-state index in [0.717, 1.165) is 0 Å². The maximum absolute atomic E-state index is 11.4. The summed E-state index contributed by atoms with van der Waals surface area (Å²) in [6.45, 7) is -0.914. The van der Waals surface area contributed by atoms with Crippen molar-refractivity contribution < 1.29 is 45.0 Å². The van der Waals surface area contributed by atoms with Crippen LogP contribution < -0.4 is 5.32 Å². The number of aldehydes is 1. The van der Waals surface area contributed by atoms with E-state index in [0.29, 0.717) is 0 Å². The minimum Gasteiger partial charge on any atom is -0.481 e. The van der Waals surface area contributed by atoms with Crippen molar-refractivity contribution in [3.8, 4) is 0 Å². The Labute approximate surface area is 113 Å². The molecule has 7 N–H and O–H groups in total. The van der Waals surface area contributed by atoms with Crippen LogP contribution >= 0.6 is 0 Å². The fourth-order valence-electron chi connectivity index (χ4n) is 1.27. The smallest absolute Gasteiger partial charge is 0.305 e. The summed E-state index contributed by atoms with van der Waals surface area (Å²) in [4.78, 5) is 32.3. The van der Waals surface area contributed by atoms with Crippen molar-refractivity contribution in [1.29, 1.82) is 0 Å². The van der Waals surface area contributed by atoms with Crippen molar-refractivity contribution in [2.75, 3.05) is 6.61 Å². The monoisotopic (exact) mass is 295 g/mol. The third-order valence-corrected chi connectivity index (χ3v) is 2.41. The second-order valence-corrected chi connectivity index (χ2v) is 4.02. The predicted octanol–water partition coefficient (Wildman–Crippen LogP) is -4.42. The zero-order valence-electron chi connectivity index (χ0n) is 10.3. The highest BCUT2D eigenvalue weighted by Crippen LogP contribution is 2.05. The van der Waals surface area contributed by atoms with Gasteiger partial charge in [0, 0.05) is 0 Å². The number of rotatable bonds is 9. The number of amides is 1. The first-order valence-corrected chi connectivity index (χ1v) is 5.55. The molecule has 0 aromatic carbocycles. The molecule has 0 aliphatic heterocycles. The summed E-state index contributed by atoms with van der Waals surface area (Å²) in [6.07, 6.45) is -8.73. The summed E-state index contributed by atoms with van der Waals surface area (Å²) in [5.74, 6) is -2.67. The highest BCUT2D eigenvalue weighted by molar-refractivity contribution is 5.85. The van der Waals surface area contributed by atoms with Gasteiger partial charge in [0.15, 0.2) is 6.10 Å². The van der Waals surface area contributed by atoms with Crippen LogP contribution in [-0.4, -0.2) is 85.9 Å². The van der Waals surface area contributed by atoms with Crippen LogP contribution in [0.25, 0.3) is 0 Å². The molecule has 0 unspecified atom stereocenters. The summed E-state index contributed by atoms with van der Waals surface area (Å²) in [7, 11) is 0. The number of hydrogen-bond donors (Lipinski definition) is 7. The zero-order chi connectivity index (χ0) is 15.9. The number of carboxylic acids is 1. The average molecular weight is 295 g/mol. The Kier molecular flexibility index (Phi) is 7.87. The van der Waals surface area contributed by atoms with Gasteiger partial charge in [0.1, 0.15) is 24.6 Å². The van der Waals surface area contributed by atoms with Crippen LogP contribution in [0.5, 0.6) is 0 Å². The molecule has 0 aliphatic rings. The van der Waals surface area contributed by atoms with Crippen LogP contribution in [-0.2, 0) is 14.4 Å². The Hall–Kier alpha value is -1.59. The standard InChI is InChI=1S/C10H17NO9/c12-2-4(1-6(15)16)11-10(20)9(19)8(18)7(17)5(14)3-13/h2,4-5,7-9,13-14,17-19H,1,3H2,(H,11,20)(H,15,16)/t4-,5+,7+,8-,9+/m0/s1. The summed E-state index contributed by atoms with van der Waals surface area (Å²) >= 11 is 0. The number of carbonyl (C=O) groups is 3. The first kappa shape index (κ1) is 18.4. The number of hydrogen-bond acceptors (Lipinski definition) is 8. The topological polar surface area (TPSA) is 185 Å². The number of aliphatic hydroxyl groups is 5. The maximum Gasteiger partial charge on any atom is 0.305 e. The lowest BCUT2D eigenvalue weighted by Gasteiger charge is -2.25. The molecule has 0 aliphatic carbocycles. The van der Waals surface area contributed by atoms with Crippen LogP contribution in [0.15, 0.2) is 0 Å². The van der Waals surface area contributed by atoms with Gasteiger partial charge in [0.25, 0.3) is 5.91 Å². The molecule has 0 spiro atoms. The van der Waals surface area contributed by atoms with E-state index in [1.165, 1.54) is 0 Å². The first-order chi connectivity index (χ1) is 9.24. The van der Waals surface area contributed by atoms with Gasteiger partial charge in [0.2, 0.25) is 0 Å². The van der Waals surface area contributed by atoms with Crippen molar-refractivity contribution in [3.63, 3.8) is 0 Å². The molecule has 0 radical (unpaired) electrons. The van der Waals surface area contributed by atoms with Gasteiger partial charge in [-0.1, -0.05) is 0 Å². The van der Waals surface area contributed by atoms with Gasteiger partial charge in [-0.05, 0) is 0 Å². The second kappa shape index (κ2) is 8.55. The largest absolute Gasteiger partial charge is 0.481 e. The molecule has 10 heteroatoms. The molecule has 0 heterocycles. The molecule has 0 rings (SSSR count). The van der Waals surface area contributed by atoms with Crippen LogP contribution in [0.1, 0.15) is 6.42 Å². The summed E-state index contributed by atoms with van der Waals surface area (Å²) in [5, 5.41) is 55.9. The molecule has 0 aromatic rings. The van der Waals surface area contributed by atoms with E-state index in [-0.39, 0.29) is 6.29 Å². The minimum atomic E-state index is -2.22. The number of carboxylic acid groups (broad SMARTS) is 1. The first-order valence-electron chi connectivity index (χ1n) is 5.55. The van der Waals surface area contributed by atoms with E-state index in [2.05, 4.69) is 0 Å². The quantitative estimate of drug-likeness (QED) is 0.206. The van der Waals surface area contributed by atoms with E-state index in [1.807, 2.05) is 5.32 Å². The Morgan fingerprint density at radius 1 is 1.10 bits per heavy atom.